The van der Waals surface area contributed by atoms with Crippen LogP contribution in [-0.2, 0) is 73.5 Å². The van der Waals surface area contributed by atoms with Crippen molar-refractivity contribution < 1.29 is 77.3 Å². The van der Waals surface area contributed by atoms with Gasteiger partial charge in [-0.3, -0.25) is 72.3 Å². The van der Waals surface area contributed by atoms with E-state index in [0.717, 1.165) is 0 Å². The lowest BCUT2D eigenvalue weighted by Gasteiger charge is -2.31. The van der Waals surface area contributed by atoms with Crippen LogP contribution in [0.2, 0.25) is 0 Å². The lowest BCUT2D eigenvalue weighted by atomic mass is 10.0. The Morgan fingerprint density at radius 1 is 0.583 bits per heavy atom. The van der Waals surface area contributed by atoms with Crippen LogP contribution in [-0.4, -0.2) is 233 Å². The Morgan fingerprint density at radius 2 is 1.13 bits per heavy atom. The summed E-state index contributed by atoms with van der Waals surface area (Å²) in [6, 6.07) is -6.90. The number of carbonyl (C=O) groups excluding carboxylic acids is 13. The summed E-state index contributed by atoms with van der Waals surface area (Å²) in [5, 5.41) is 49.6. The zero-order valence-electron chi connectivity index (χ0n) is 59.2. The standard InChI is InChI=1S/C67H108N20O16/c1-4-5-19-46(64(101)87-33-16-26-51(87)63(100)84-48(65(102)103)35-39-17-7-6-8-18-39)82-62(99)50-25-15-32-86(50)53(90)36-75-54(91)40(22-11-12-29-68)77-55(92)42-21-10-9-20-41(78-57(94)43(23-13-30-73-66(69)70)80-59(96)45-27-28-52(89)76-45)56(93)79-44(24-14-31-74-67(71)72)58(95)83-47(34-38(2)3)60(97)85-49(37-88)61(98)81-42/h6-8,17-18,38,40-51,88H,4-5,9-16,19-37,68H2,1-3H3,(H,75,91)(H,76,89)(H,77,92)(H,78,94)(H,79,93)(H,80,96)(H,81,98)(H,82,99)(H,83,95)(H,84,100)(H,85,97)(H,102,103)(H4,69,70,73)(H4,71,72,74)/t40-,41-,42-,43-,44-,45-,46-,47-,48-,49-,50-,51-/m0/s1. The number of aliphatic carboxylic acids is 1. The van der Waals surface area contributed by atoms with Gasteiger partial charge in [0.25, 0.3) is 0 Å². The largest absolute Gasteiger partial charge is 0.480 e. The van der Waals surface area contributed by atoms with E-state index in [1.807, 2.05) is 6.92 Å². The number of aliphatic hydroxyl groups is 1. The molecule has 36 heteroatoms. The summed E-state index contributed by atoms with van der Waals surface area (Å²) in [5.41, 5.74) is 28.7. The molecule has 0 radical (unpaired) electrons. The SMILES string of the molecule is CCCC[C@H](NC(=O)[C@@H]1CCCN1C(=O)CNC(=O)[C@H](CCCCN)NC(=O)[C@@H]1CCCC[C@H](NC(=O)[C@H](CCCN=C(N)N)NC(=O)[C@@H]2CCC(=O)N2)C(=O)N[C@@H](CCCN=C(N)N)C(=O)N[C@@H](CC(C)C)C(=O)N[C@@H](CO)C(=O)N1)C(=O)N1CCC[C@H]1C(=O)N[C@@H](Cc1ccccc1)C(=O)O. The number of nitrogens with zero attached hydrogens (tertiary/aromatic N) is 4. The molecule has 1 aromatic rings. The summed E-state index contributed by atoms with van der Waals surface area (Å²) in [6.07, 6.45) is 3.13. The summed E-state index contributed by atoms with van der Waals surface area (Å²) in [4.78, 5) is 206. The van der Waals surface area contributed by atoms with Crippen LogP contribution < -0.4 is 87.2 Å². The van der Waals surface area contributed by atoms with Gasteiger partial charge < -0.3 is 107 Å². The molecule has 4 aliphatic heterocycles. The summed E-state index contributed by atoms with van der Waals surface area (Å²) in [7, 11) is 0. The van der Waals surface area contributed by atoms with Crippen molar-refractivity contribution in [1.29, 1.82) is 0 Å². The van der Waals surface area contributed by atoms with Crippen molar-refractivity contribution in [3.8, 4) is 0 Å². The number of hydrogen-bond acceptors (Lipinski definition) is 18. The fourth-order valence-corrected chi connectivity index (χ4v) is 12.6. The molecule has 0 bridgehead atoms. The van der Waals surface area contributed by atoms with Gasteiger partial charge in [0.15, 0.2) is 11.9 Å². The van der Waals surface area contributed by atoms with Crippen LogP contribution in [0.25, 0.3) is 0 Å². The Kier molecular flexibility index (Phi) is 35.3. The molecule has 12 atom stereocenters. The second kappa shape index (κ2) is 43.3. The minimum atomic E-state index is -1.71. The minimum absolute atomic E-state index is 0.00342. The highest BCUT2D eigenvalue weighted by molar-refractivity contribution is 6.00. The molecule has 4 aliphatic rings. The molecule has 4 fully saturated rings. The zero-order valence-corrected chi connectivity index (χ0v) is 59.2. The second-order valence-corrected chi connectivity index (χ2v) is 26.8. The van der Waals surface area contributed by atoms with E-state index in [9.17, 15) is 77.3 Å². The highest BCUT2D eigenvalue weighted by Gasteiger charge is 2.42. The zero-order chi connectivity index (χ0) is 75.7. The van der Waals surface area contributed by atoms with Gasteiger partial charge in [-0.2, -0.15) is 0 Å². The number of benzene rings is 1. The maximum Gasteiger partial charge on any atom is 0.326 e. The molecule has 0 spiro atoms. The number of guanidine groups is 2. The first-order chi connectivity index (χ1) is 49.1. The van der Waals surface area contributed by atoms with Crippen LogP contribution in [0.4, 0.5) is 0 Å². The van der Waals surface area contributed by atoms with E-state index in [-0.39, 0.29) is 166 Å². The number of likely N-dealkylation sites (tertiary alicyclic amines) is 2. The number of carboxylic acid groups (broad SMARTS) is 1. The van der Waals surface area contributed by atoms with Crippen LogP contribution in [0.3, 0.4) is 0 Å². The van der Waals surface area contributed by atoms with Crippen molar-refractivity contribution in [3.05, 3.63) is 35.9 Å². The quantitative estimate of drug-likeness (QED) is 0.0172. The van der Waals surface area contributed by atoms with Gasteiger partial charge in [-0.1, -0.05) is 76.8 Å². The van der Waals surface area contributed by atoms with Crippen molar-refractivity contribution in [1.82, 2.24) is 68.3 Å². The van der Waals surface area contributed by atoms with Gasteiger partial charge in [-0.25, -0.2) is 4.79 Å². The first kappa shape index (κ1) is 83.9. The van der Waals surface area contributed by atoms with Crippen molar-refractivity contribution >= 4 is 94.7 Å². The second-order valence-electron chi connectivity index (χ2n) is 26.8. The van der Waals surface area contributed by atoms with E-state index in [1.165, 1.54) is 9.80 Å². The maximum atomic E-state index is 14.7. The minimum Gasteiger partial charge on any atom is -0.480 e. The number of amides is 13. The third-order valence-corrected chi connectivity index (χ3v) is 18.2. The first-order valence-electron chi connectivity index (χ1n) is 35.7. The van der Waals surface area contributed by atoms with Gasteiger partial charge in [-0.15, -0.1) is 0 Å². The van der Waals surface area contributed by atoms with Crippen molar-refractivity contribution in [2.45, 2.75) is 235 Å². The monoisotopic (exact) mass is 1450 g/mol. The molecule has 0 aromatic heterocycles. The number of carbonyl (C=O) groups is 14. The number of rotatable bonds is 35. The molecule has 4 heterocycles. The number of hydrogen-bond donors (Lipinski definition) is 18. The highest BCUT2D eigenvalue weighted by Crippen LogP contribution is 2.23. The molecule has 13 amide bonds. The number of unbranched alkanes of at least 4 members (excludes halogenated alkanes) is 2. The van der Waals surface area contributed by atoms with E-state index in [2.05, 4.69) is 68.5 Å². The molecule has 5 rings (SSSR count). The van der Waals surface area contributed by atoms with Gasteiger partial charge in [0, 0.05) is 39.0 Å². The molecular weight excluding hydrogens is 1340 g/mol. The Labute approximate surface area is 599 Å². The molecular formula is C67H108N20O16. The van der Waals surface area contributed by atoms with Crippen LogP contribution in [0, 0.1) is 5.92 Å². The normalized spacial score (nSPS) is 22.4. The predicted octanol–water partition coefficient (Wildman–Crippen LogP) is -4.91. The Balaban J connectivity index is 1.37. The molecule has 23 N–H and O–H groups in total. The molecule has 36 nitrogen and oxygen atoms in total. The number of nitrogens with two attached hydrogens (primary N) is 5. The van der Waals surface area contributed by atoms with Gasteiger partial charge in [0.1, 0.15) is 72.5 Å². The van der Waals surface area contributed by atoms with Gasteiger partial charge >= 0.3 is 5.97 Å². The van der Waals surface area contributed by atoms with Crippen molar-refractivity contribution in [2.24, 2.45) is 44.6 Å². The van der Waals surface area contributed by atoms with E-state index in [4.69, 9.17) is 28.7 Å². The Morgan fingerprint density at radius 3 is 1.73 bits per heavy atom. The highest BCUT2D eigenvalue weighted by atomic mass is 16.4. The lowest BCUT2D eigenvalue weighted by molar-refractivity contribution is -0.145. The summed E-state index contributed by atoms with van der Waals surface area (Å²) in [5.74, 6) is -11.9. The number of aliphatic imine (C=N–C) groups is 2. The number of nitrogens with one attached hydrogen (secondary N) is 11. The smallest absolute Gasteiger partial charge is 0.326 e. The Hall–Kier alpha value is -9.74. The third kappa shape index (κ3) is 27.9. The maximum absolute atomic E-state index is 14.7. The molecule has 0 aliphatic carbocycles. The summed E-state index contributed by atoms with van der Waals surface area (Å²) >= 11 is 0. The molecule has 572 valence electrons. The number of carboxylic acids is 1. The van der Waals surface area contributed by atoms with Crippen molar-refractivity contribution in [3.63, 3.8) is 0 Å². The molecule has 1 aromatic carbocycles. The van der Waals surface area contributed by atoms with Gasteiger partial charge in [-0.05, 0) is 121 Å². The number of aliphatic hydroxyl groups excluding tert-OH is 1. The van der Waals surface area contributed by atoms with Crippen LogP contribution >= 0.6 is 0 Å². The topological polar surface area (TPSA) is 573 Å². The Bertz CT molecular complexity index is 3150. The predicted molar refractivity (Wildman–Crippen MR) is 376 cm³/mol. The first-order valence-corrected chi connectivity index (χ1v) is 35.7. The molecule has 0 unspecified atom stereocenters. The molecule has 103 heavy (non-hydrogen) atoms. The summed E-state index contributed by atoms with van der Waals surface area (Å²) < 4.78 is 0. The van der Waals surface area contributed by atoms with Crippen molar-refractivity contribution in [2.75, 3.05) is 45.9 Å². The average Bonchev–Trinajstić information content (AvgIpc) is 1.71. The third-order valence-electron chi connectivity index (χ3n) is 18.2. The van der Waals surface area contributed by atoms with Crippen LogP contribution in [0.1, 0.15) is 161 Å². The fraction of sp³-hybridized carbons (Fsp3) is 0.672. The lowest BCUT2D eigenvalue weighted by Crippen LogP contribution is -2.60. The van der Waals surface area contributed by atoms with Crippen LogP contribution in [0.5, 0.6) is 0 Å². The van der Waals surface area contributed by atoms with Gasteiger partial charge in [0.2, 0.25) is 76.8 Å². The van der Waals surface area contributed by atoms with Crippen LogP contribution in [0.15, 0.2) is 40.3 Å². The average molecular weight is 1450 g/mol. The van der Waals surface area contributed by atoms with E-state index < -0.39 is 163 Å². The van der Waals surface area contributed by atoms with E-state index >= 15 is 0 Å². The molecule has 4 saturated heterocycles. The molecule has 0 saturated carbocycles. The summed E-state index contributed by atoms with van der Waals surface area (Å²) in [6.45, 7) is 4.28. The van der Waals surface area contributed by atoms with E-state index in [0.29, 0.717) is 37.7 Å². The van der Waals surface area contributed by atoms with Gasteiger partial charge in [0.05, 0.1) is 13.2 Å². The fourth-order valence-electron chi connectivity index (χ4n) is 12.6. The van der Waals surface area contributed by atoms with E-state index in [1.54, 1.807) is 44.2 Å².